The van der Waals surface area contributed by atoms with E-state index >= 15 is 0 Å². The standard InChI is InChI=1S/C27H27N3O4/c1-18-6-8-20(9-7-18)17-30-25-21(5-4-13-28-25)16-22(27(30)32)26(31)29-14-12-19-10-11-23(33-2)24(15-19)34-3/h4-11,13,15-16H,12,14,17H2,1-3H3,(H,29,31). The number of aromatic nitrogens is 2. The molecule has 0 aliphatic carbocycles. The van der Waals surface area contributed by atoms with Crippen LogP contribution in [0.1, 0.15) is 27.0 Å². The van der Waals surface area contributed by atoms with Crippen LogP contribution in [-0.4, -0.2) is 36.2 Å². The summed E-state index contributed by atoms with van der Waals surface area (Å²) in [7, 11) is 3.17. The minimum Gasteiger partial charge on any atom is -0.493 e. The summed E-state index contributed by atoms with van der Waals surface area (Å²) in [6, 6.07) is 18.8. The lowest BCUT2D eigenvalue weighted by Crippen LogP contribution is -2.34. The molecule has 0 atom stereocenters. The van der Waals surface area contributed by atoms with Gasteiger partial charge in [-0.05, 0) is 54.8 Å². The van der Waals surface area contributed by atoms with Crippen LogP contribution in [0.5, 0.6) is 11.5 Å². The van der Waals surface area contributed by atoms with Crippen LogP contribution in [0.2, 0.25) is 0 Å². The van der Waals surface area contributed by atoms with E-state index in [1.165, 1.54) is 0 Å². The SMILES string of the molecule is COc1ccc(CCNC(=O)c2cc3cccnc3n(Cc3ccc(C)cc3)c2=O)cc1OC. The van der Waals surface area contributed by atoms with Crippen molar-refractivity contribution in [2.75, 3.05) is 20.8 Å². The van der Waals surface area contributed by atoms with E-state index in [2.05, 4.69) is 10.3 Å². The molecule has 7 nitrogen and oxygen atoms in total. The minimum atomic E-state index is -0.408. The van der Waals surface area contributed by atoms with Crippen LogP contribution in [0.25, 0.3) is 11.0 Å². The maximum absolute atomic E-state index is 13.3. The first-order valence-electron chi connectivity index (χ1n) is 11.0. The van der Waals surface area contributed by atoms with Crippen LogP contribution >= 0.6 is 0 Å². The molecule has 4 rings (SSSR count). The molecule has 0 unspecified atom stereocenters. The number of hydrogen-bond donors (Lipinski definition) is 1. The van der Waals surface area contributed by atoms with E-state index in [9.17, 15) is 9.59 Å². The topological polar surface area (TPSA) is 82.5 Å². The van der Waals surface area contributed by atoms with E-state index in [0.717, 1.165) is 22.1 Å². The van der Waals surface area contributed by atoms with Gasteiger partial charge < -0.3 is 14.8 Å². The zero-order chi connectivity index (χ0) is 24.1. The Morgan fingerprint density at radius 2 is 1.71 bits per heavy atom. The number of amides is 1. The van der Waals surface area contributed by atoms with Crippen molar-refractivity contribution < 1.29 is 14.3 Å². The normalized spacial score (nSPS) is 10.8. The Labute approximate surface area is 198 Å². The average Bonchev–Trinajstić information content (AvgIpc) is 2.86. The first-order valence-corrected chi connectivity index (χ1v) is 11.0. The van der Waals surface area contributed by atoms with Crippen LogP contribution in [-0.2, 0) is 13.0 Å². The molecule has 0 spiro atoms. The molecular formula is C27H27N3O4. The molecule has 174 valence electrons. The van der Waals surface area contributed by atoms with E-state index in [4.69, 9.17) is 9.47 Å². The smallest absolute Gasteiger partial charge is 0.265 e. The molecule has 34 heavy (non-hydrogen) atoms. The number of rotatable bonds is 8. The minimum absolute atomic E-state index is 0.0972. The van der Waals surface area contributed by atoms with Crippen LogP contribution < -0.4 is 20.3 Å². The van der Waals surface area contributed by atoms with Gasteiger partial charge in [-0.2, -0.15) is 0 Å². The molecule has 2 heterocycles. The number of methoxy groups -OCH3 is 2. The van der Waals surface area contributed by atoms with Crippen LogP contribution in [0.4, 0.5) is 0 Å². The van der Waals surface area contributed by atoms with Crippen molar-refractivity contribution in [1.29, 1.82) is 0 Å². The highest BCUT2D eigenvalue weighted by atomic mass is 16.5. The van der Waals surface area contributed by atoms with Gasteiger partial charge in [-0.1, -0.05) is 35.9 Å². The number of carbonyl (C=O) groups is 1. The fourth-order valence-electron chi connectivity index (χ4n) is 3.84. The van der Waals surface area contributed by atoms with Gasteiger partial charge in [0.05, 0.1) is 20.8 Å². The summed E-state index contributed by atoms with van der Waals surface area (Å²) in [5, 5.41) is 3.61. The molecule has 0 aliphatic rings. The molecule has 1 N–H and O–H groups in total. The lowest BCUT2D eigenvalue weighted by atomic mass is 10.1. The monoisotopic (exact) mass is 457 g/mol. The summed E-state index contributed by atoms with van der Waals surface area (Å²) in [5.41, 5.74) is 3.37. The second-order valence-corrected chi connectivity index (χ2v) is 8.05. The van der Waals surface area contributed by atoms with Crippen molar-refractivity contribution in [3.63, 3.8) is 0 Å². The number of benzene rings is 2. The van der Waals surface area contributed by atoms with Gasteiger partial charge >= 0.3 is 0 Å². The number of ether oxygens (including phenoxy) is 2. The van der Waals surface area contributed by atoms with E-state index in [1.807, 2.05) is 55.5 Å². The molecule has 0 radical (unpaired) electrons. The Morgan fingerprint density at radius 3 is 2.44 bits per heavy atom. The lowest BCUT2D eigenvalue weighted by Gasteiger charge is -2.13. The van der Waals surface area contributed by atoms with Gasteiger partial charge in [0, 0.05) is 18.1 Å². The number of nitrogens with zero attached hydrogens (tertiary/aromatic N) is 2. The summed E-state index contributed by atoms with van der Waals surface area (Å²) in [6.07, 6.45) is 2.23. The summed E-state index contributed by atoms with van der Waals surface area (Å²) in [5.74, 6) is 0.871. The third-order valence-corrected chi connectivity index (χ3v) is 5.70. The number of carbonyl (C=O) groups excluding carboxylic acids is 1. The molecule has 0 saturated carbocycles. The zero-order valence-electron chi connectivity index (χ0n) is 19.5. The van der Waals surface area contributed by atoms with Gasteiger partial charge in [-0.15, -0.1) is 0 Å². The number of pyridine rings is 2. The summed E-state index contributed by atoms with van der Waals surface area (Å²) in [6.45, 7) is 2.72. The first-order chi connectivity index (χ1) is 16.5. The predicted octanol–water partition coefficient (Wildman–Crippen LogP) is 3.74. The summed E-state index contributed by atoms with van der Waals surface area (Å²) in [4.78, 5) is 30.7. The van der Waals surface area contributed by atoms with Gasteiger partial charge in [0.25, 0.3) is 11.5 Å². The molecular weight excluding hydrogens is 430 g/mol. The van der Waals surface area contributed by atoms with Crippen LogP contribution in [0.3, 0.4) is 0 Å². The maximum atomic E-state index is 13.3. The van der Waals surface area contributed by atoms with Gasteiger partial charge in [0.15, 0.2) is 11.5 Å². The highest BCUT2D eigenvalue weighted by Gasteiger charge is 2.16. The molecule has 0 saturated heterocycles. The Morgan fingerprint density at radius 1 is 0.971 bits per heavy atom. The quantitative estimate of drug-likeness (QED) is 0.436. The first kappa shape index (κ1) is 23.0. The fraction of sp³-hybridized carbons (Fsp3) is 0.222. The van der Waals surface area contributed by atoms with Crippen molar-refractivity contribution in [2.24, 2.45) is 0 Å². The van der Waals surface area contributed by atoms with Crippen molar-refractivity contribution in [2.45, 2.75) is 19.9 Å². The van der Waals surface area contributed by atoms with E-state index in [1.54, 1.807) is 37.1 Å². The number of aryl methyl sites for hydroxylation is 1. The van der Waals surface area contributed by atoms with Crippen molar-refractivity contribution >= 4 is 16.9 Å². The van der Waals surface area contributed by atoms with E-state index < -0.39 is 5.91 Å². The zero-order valence-corrected chi connectivity index (χ0v) is 19.5. The number of nitrogens with one attached hydrogen (secondary N) is 1. The molecule has 4 aromatic rings. The molecule has 0 fully saturated rings. The highest BCUT2D eigenvalue weighted by molar-refractivity contribution is 5.96. The largest absolute Gasteiger partial charge is 0.493 e. The van der Waals surface area contributed by atoms with E-state index in [0.29, 0.717) is 36.7 Å². The van der Waals surface area contributed by atoms with Crippen molar-refractivity contribution in [1.82, 2.24) is 14.9 Å². The predicted molar refractivity (Wildman–Crippen MR) is 132 cm³/mol. The third kappa shape index (κ3) is 4.93. The maximum Gasteiger partial charge on any atom is 0.265 e. The molecule has 0 bridgehead atoms. The second-order valence-electron chi connectivity index (χ2n) is 8.05. The van der Waals surface area contributed by atoms with Gasteiger partial charge in [-0.25, -0.2) is 4.98 Å². The average molecular weight is 458 g/mol. The third-order valence-electron chi connectivity index (χ3n) is 5.70. The Balaban J connectivity index is 1.56. The Bertz CT molecular complexity index is 1380. The summed E-state index contributed by atoms with van der Waals surface area (Å²) >= 11 is 0. The molecule has 7 heteroatoms. The van der Waals surface area contributed by atoms with Crippen molar-refractivity contribution in [3.8, 4) is 11.5 Å². The molecule has 1 amide bonds. The van der Waals surface area contributed by atoms with E-state index in [-0.39, 0.29) is 11.1 Å². The van der Waals surface area contributed by atoms with Gasteiger partial charge in [-0.3, -0.25) is 14.2 Å². The Kier molecular flexibility index (Phi) is 6.92. The number of hydrogen-bond acceptors (Lipinski definition) is 5. The highest BCUT2D eigenvalue weighted by Crippen LogP contribution is 2.27. The lowest BCUT2D eigenvalue weighted by molar-refractivity contribution is 0.0952. The second kappa shape index (κ2) is 10.2. The Hall–Kier alpha value is -4.13. The number of fused-ring (bicyclic) bond motifs is 1. The van der Waals surface area contributed by atoms with Gasteiger partial charge in [0.2, 0.25) is 0 Å². The van der Waals surface area contributed by atoms with Crippen molar-refractivity contribution in [3.05, 3.63) is 99.5 Å². The van der Waals surface area contributed by atoms with Crippen LogP contribution in [0, 0.1) is 6.92 Å². The fourth-order valence-corrected chi connectivity index (χ4v) is 3.84. The molecule has 2 aromatic heterocycles. The summed E-state index contributed by atoms with van der Waals surface area (Å²) < 4.78 is 12.2. The van der Waals surface area contributed by atoms with Gasteiger partial charge in [0.1, 0.15) is 11.2 Å². The molecule has 2 aromatic carbocycles. The van der Waals surface area contributed by atoms with Crippen LogP contribution in [0.15, 0.2) is 71.7 Å². The molecule has 0 aliphatic heterocycles.